The molecule has 0 amide bonds. The number of hydrogen-bond acceptors (Lipinski definition) is 17. The quantitative estimate of drug-likeness (QED) is 0.103. The molecule has 0 radical (unpaired) electrons. The number of methoxy groups -OCH3 is 2. The van der Waals surface area contributed by atoms with Crippen molar-refractivity contribution >= 4 is 65.1 Å². The van der Waals surface area contributed by atoms with Crippen molar-refractivity contribution in [1.82, 2.24) is 0 Å². The van der Waals surface area contributed by atoms with Crippen LogP contribution >= 0.6 is 0 Å². The summed E-state index contributed by atoms with van der Waals surface area (Å²) in [5.41, 5.74) is -1.06. The van der Waals surface area contributed by atoms with Crippen LogP contribution in [0.1, 0.15) is 0 Å². The topological polar surface area (TPSA) is 268 Å². The van der Waals surface area contributed by atoms with Crippen molar-refractivity contribution in [2.75, 3.05) is 14.2 Å². The van der Waals surface area contributed by atoms with E-state index < -0.39 is 64.3 Å². The summed E-state index contributed by atoms with van der Waals surface area (Å²) >= 11 is 0. The second-order valence-corrected chi connectivity index (χ2v) is 12.6. The minimum absolute atomic E-state index is 0. The van der Waals surface area contributed by atoms with E-state index in [9.17, 15) is 41.3 Å². The van der Waals surface area contributed by atoms with E-state index in [1.165, 1.54) is 14.2 Å². The standard InChI is InChI=1S/C30H24N6O11S2.2Na/c1-46-19-7-3-17(4-8-19)31-34-24-15-25(30(39)28(29(24)38)36-32-18-5-9-20(47-2)10-6-18)35-33-23-13-21(48(40,41)42)11-16-12-22(49(43,44)45)14-26(37)27(16)23;;/h3-15,37-39H,1-2H3,(H,40,41,42)(H,43,44,45);;/q;2*+1/p-2. The van der Waals surface area contributed by atoms with Gasteiger partial charge in [0.05, 0.1) is 46.5 Å². The molecule has 5 aromatic carbocycles. The molecule has 17 nitrogen and oxygen atoms in total. The van der Waals surface area contributed by atoms with Crippen molar-refractivity contribution < 1.29 is 110 Å². The van der Waals surface area contributed by atoms with Crippen molar-refractivity contribution in [3.8, 4) is 28.7 Å². The van der Waals surface area contributed by atoms with Crippen LogP contribution in [-0.4, -0.2) is 55.5 Å². The first-order valence-corrected chi connectivity index (χ1v) is 16.3. The van der Waals surface area contributed by atoms with Gasteiger partial charge in [-0.3, -0.25) is 0 Å². The summed E-state index contributed by atoms with van der Waals surface area (Å²) in [4.78, 5) is -1.80. The Balaban J connectivity index is 0.00000351. The smallest absolute Gasteiger partial charge is 0.744 e. The van der Waals surface area contributed by atoms with Crippen LogP contribution in [0.15, 0.2) is 119 Å². The fourth-order valence-electron chi connectivity index (χ4n) is 4.28. The molecule has 0 aliphatic heterocycles. The number of fused-ring (bicyclic) bond motifs is 1. The van der Waals surface area contributed by atoms with Gasteiger partial charge in [0.2, 0.25) is 0 Å². The molecule has 0 atom stereocenters. The molecule has 5 aromatic rings. The predicted molar refractivity (Wildman–Crippen MR) is 170 cm³/mol. The van der Waals surface area contributed by atoms with Gasteiger partial charge in [0.25, 0.3) is 0 Å². The number of nitrogens with zero attached hydrogens (tertiary/aromatic N) is 6. The summed E-state index contributed by atoms with van der Waals surface area (Å²) in [6.45, 7) is 0. The van der Waals surface area contributed by atoms with E-state index in [2.05, 4.69) is 30.7 Å². The normalized spacial score (nSPS) is 11.9. The Bertz CT molecular complexity index is 2390. The van der Waals surface area contributed by atoms with E-state index >= 15 is 0 Å². The molecule has 0 unspecified atom stereocenters. The molecule has 0 fully saturated rings. The van der Waals surface area contributed by atoms with Crippen LogP contribution < -0.4 is 68.6 Å². The van der Waals surface area contributed by atoms with E-state index in [1.54, 1.807) is 48.5 Å². The Morgan fingerprint density at radius 1 is 0.549 bits per heavy atom. The number of rotatable bonds is 10. The Kier molecular flexibility index (Phi) is 13.8. The van der Waals surface area contributed by atoms with Gasteiger partial charge in [-0.05, 0) is 78.2 Å². The monoisotopic (exact) mass is 752 g/mol. The molecule has 0 spiro atoms. The van der Waals surface area contributed by atoms with Gasteiger partial charge in [-0.1, -0.05) is 0 Å². The summed E-state index contributed by atoms with van der Waals surface area (Å²) in [7, 11) is -7.33. The van der Waals surface area contributed by atoms with Gasteiger partial charge in [0.1, 0.15) is 48.9 Å². The summed E-state index contributed by atoms with van der Waals surface area (Å²) in [5.74, 6) is -1.17. The minimum atomic E-state index is -5.18. The molecule has 0 aliphatic rings. The van der Waals surface area contributed by atoms with Gasteiger partial charge in [-0.25, -0.2) is 16.8 Å². The van der Waals surface area contributed by atoms with Crippen molar-refractivity contribution in [2.45, 2.75) is 9.79 Å². The van der Waals surface area contributed by atoms with Crippen LogP contribution in [0.3, 0.4) is 0 Å². The number of ether oxygens (including phenoxy) is 2. The number of azo groups is 3. The number of hydrogen-bond donors (Lipinski definition) is 3. The van der Waals surface area contributed by atoms with Gasteiger partial charge in [0, 0.05) is 6.07 Å². The first-order chi connectivity index (χ1) is 23.2. The van der Waals surface area contributed by atoms with Crippen molar-refractivity contribution in [1.29, 1.82) is 0 Å². The summed E-state index contributed by atoms with van der Waals surface area (Å²) in [6.07, 6.45) is 0. The molecule has 0 saturated carbocycles. The maximum Gasteiger partial charge on any atom is 1.00 e. The zero-order chi connectivity index (χ0) is 35.5. The van der Waals surface area contributed by atoms with Crippen LogP contribution in [0.5, 0.6) is 28.7 Å². The molecule has 3 N–H and O–H groups in total. The third-order valence-corrected chi connectivity index (χ3v) is 8.31. The zero-order valence-corrected chi connectivity index (χ0v) is 32.7. The molecule has 5 rings (SSSR count). The molecule has 21 heteroatoms. The summed E-state index contributed by atoms with van der Waals surface area (Å²) in [5, 5.41) is 55.9. The molecule has 0 saturated heterocycles. The molecular weight excluding hydrogens is 730 g/mol. The van der Waals surface area contributed by atoms with Gasteiger partial charge in [-0.2, -0.15) is 10.2 Å². The maximum atomic E-state index is 11.9. The Hall–Kier alpha value is -4.02. The summed E-state index contributed by atoms with van der Waals surface area (Å²) in [6, 6.07) is 16.6. The van der Waals surface area contributed by atoms with Crippen molar-refractivity contribution in [3.05, 3.63) is 78.9 Å². The first-order valence-electron chi connectivity index (χ1n) is 13.5. The average Bonchev–Trinajstić information content (AvgIpc) is 3.06. The van der Waals surface area contributed by atoms with Crippen molar-refractivity contribution in [3.63, 3.8) is 0 Å². The first kappa shape index (κ1) is 41.4. The second-order valence-electron chi connectivity index (χ2n) is 9.85. The third kappa shape index (κ3) is 9.86. The largest absolute Gasteiger partial charge is 1.00 e. The van der Waals surface area contributed by atoms with E-state index in [-0.39, 0.29) is 75.6 Å². The summed E-state index contributed by atoms with van der Waals surface area (Å²) < 4.78 is 80.7. The fraction of sp³-hybridized carbons (Fsp3) is 0.0667. The predicted octanol–water partition coefficient (Wildman–Crippen LogP) is 1.04. The number of aromatic hydroxyl groups is 3. The Morgan fingerprint density at radius 2 is 0.961 bits per heavy atom. The van der Waals surface area contributed by atoms with Gasteiger partial charge in [0.15, 0.2) is 17.2 Å². The maximum absolute atomic E-state index is 11.9. The molecule has 0 aromatic heterocycles. The van der Waals surface area contributed by atoms with E-state index in [0.29, 0.717) is 28.9 Å². The number of phenolic OH excluding ortho intramolecular Hbond substituents is 3. The van der Waals surface area contributed by atoms with Crippen LogP contribution in [0.25, 0.3) is 10.8 Å². The zero-order valence-electron chi connectivity index (χ0n) is 27.1. The third-order valence-electron chi connectivity index (χ3n) is 6.69. The minimum Gasteiger partial charge on any atom is -0.744 e. The van der Waals surface area contributed by atoms with E-state index in [0.717, 1.165) is 24.3 Å². The van der Waals surface area contributed by atoms with Gasteiger partial charge < -0.3 is 33.9 Å². The number of phenols is 3. The second kappa shape index (κ2) is 17.0. The van der Waals surface area contributed by atoms with Crippen LogP contribution in [0, 0.1) is 0 Å². The SMILES string of the molecule is COc1ccc(N=Nc2cc(N=Nc3cc(S(=O)(=O)[O-])cc4cc(S(=O)(=O)[O-])cc(O)c34)c(O)c(N=Nc3ccc(OC)cc3)c2O)cc1.[Na+].[Na+]. The molecule has 0 aliphatic carbocycles. The van der Waals surface area contributed by atoms with Crippen molar-refractivity contribution in [2.24, 2.45) is 30.7 Å². The Morgan fingerprint density at radius 3 is 1.41 bits per heavy atom. The van der Waals surface area contributed by atoms with E-state index in [1.807, 2.05) is 0 Å². The van der Waals surface area contributed by atoms with Crippen LogP contribution in [0.4, 0.5) is 34.1 Å². The average molecular weight is 753 g/mol. The fourth-order valence-corrected chi connectivity index (χ4v) is 5.33. The molecular formula is C30H22N6Na2O11S2. The Labute approximate surface area is 334 Å². The molecule has 0 heterocycles. The van der Waals surface area contributed by atoms with Gasteiger partial charge in [-0.15, -0.1) is 20.5 Å². The van der Waals surface area contributed by atoms with E-state index in [4.69, 9.17) is 9.47 Å². The molecule has 0 bridgehead atoms. The van der Waals surface area contributed by atoms with Crippen LogP contribution in [-0.2, 0) is 20.2 Å². The van der Waals surface area contributed by atoms with Crippen LogP contribution in [0.2, 0.25) is 0 Å². The van der Waals surface area contributed by atoms with Gasteiger partial charge >= 0.3 is 59.1 Å². The molecule has 252 valence electrons. The number of benzene rings is 5. The molecule has 51 heavy (non-hydrogen) atoms.